The molecule has 1 fully saturated rings. The van der Waals surface area contributed by atoms with Gasteiger partial charge >= 0.3 is 0 Å². The number of likely N-dealkylation sites (N-methyl/N-ethyl adjacent to an activating group) is 1. The first-order chi connectivity index (χ1) is 9.66. The van der Waals surface area contributed by atoms with Crippen molar-refractivity contribution in [3.05, 3.63) is 35.9 Å². The van der Waals surface area contributed by atoms with Crippen molar-refractivity contribution in [3.8, 4) is 0 Å². The van der Waals surface area contributed by atoms with Crippen LogP contribution < -0.4 is 5.73 Å². The van der Waals surface area contributed by atoms with Crippen LogP contribution in [0.2, 0.25) is 0 Å². The summed E-state index contributed by atoms with van der Waals surface area (Å²) in [5.74, 6) is -0.0111. The van der Waals surface area contributed by atoms with Gasteiger partial charge in [0.2, 0.25) is 5.91 Å². The van der Waals surface area contributed by atoms with Crippen molar-refractivity contribution in [1.82, 2.24) is 4.90 Å². The predicted octanol–water partition coefficient (Wildman–Crippen LogP) is 1.58. The van der Waals surface area contributed by atoms with Crippen molar-refractivity contribution >= 4 is 5.91 Å². The molecule has 0 saturated carbocycles. The molecule has 4 nitrogen and oxygen atoms in total. The molecule has 1 aromatic rings. The summed E-state index contributed by atoms with van der Waals surface area (Å²) in [6.45, 7) is 1.45. The number of ether oxygens (including phenoxy) is 1. The van der Waals surface area contributed by atoms with Crippen molar-refractivity contribution in [2.24, 2.45) is 5.73 Å². The Hall–Kier alpha value is -1.39. The van der Waals surface area contributed by atoms with Gasteiger partial charge in [-0.05, 0) is 31.2 Å². The molecule has 1 saturated heterocycles. The summed E-state index contributed by atoms with van der Waals surface area (Å²) in [5, 5.41) is 0. The molecular formula is C16H24N2O2. The van der Waals surface area contributed by atoms with E-state index in [4.69, 9.17) is 10.5 Å². The minimum atomic E-state index is -0.481. The number of nitrogens with zero attached hydrogens (tertiary/aromatic N) is 1. The van der Waals surface area contributed by atoms with E-state index in [-0.39, 0.29) is 12.0 Å². The first-order valence-corrected chi connectivity index (χ1v) is 7.33. The van der Waals surface area contributed by atoms with E-state index in [0.717, 1.165) is 25.0 Å². The summed E-state index contributed by atoms with van der Waals surface area (Å²) in [5.41, 5.74) is 7.12. The summed E-state index contributed by atoms with van der Waals surface area (Å²) in [6.07, 6.45) is 4.09. The van der Waals surface area contributed by atoms with Crippen molar-refractivity contribution in [1.29, 1.82) is 0 Å². The molecular weight excluding hydrogens is 252 g/mol. The topological polar surface area (TPSA) is 55.6 Å². The fourth-order valence-electron chi connectivity index (χ4n) is 2.59. The third-order valence-corrected chi connectivity index (χ3v) is 3.74. The average Bonchev–Trinajstić information content (AvgIpc) is 2.48. The van der Waals surface area contributed by atoms with E-state index in [2.05, 4.69) is 0 Å². The van der Waals surface area contributed by atoms with Crippen LogP contribution in [0.4, 0.5) is 0 Å². The van der Waals surface area contributed by atoms with Crippen LogP contribution in [0.5, 0.6) is 0 Å². The minimum absolute atomic E-state index is 0.0111. The van der Waals surface area contributed by atoms with Crippen LogP contribution in [0.1, 0.15) is 24.8 Å². The molecule has 1 aromatic carbocycles. The lowest BCUT2D eigenvalue weighted by Gasteiger charge is -2.28. The first kappa shape index (κ1) is 15.0. The Morgan fingerprint density at radius 2 is 2.15 bits per heavy atom. The Morgan fingerprint density at radius 1 is 1.40 bits per heavy atom. The Kier molecular flexibility index (Phi) is 5.56. The number of carbonyl (C=O) groups is 1. The van der Waals surface area contributed by atoms with Gasteiger partial charge in [-0.1, -0.05) is 30.3 Å². The smallest absolute Gasteiger partial charge is 0.239 e. The molecule has 4 heteroatoms. The zero-order chi connectivity index (χ0) is 14.4. The van der Waals surface area contributed by atoms with Gasteiger partial charge in [-0.2, -0.15) is 0 Å². The highest BCUT2D eigenvalue weighted by Gasteiger charge is 2.22. The van der Waals surface area contributed by atoms with Gasteiger partial charge in [-0.25, -0.2) is 0 Å². The number of carbonyl (C=O) groups excluding carboxylic acids is 1. The number of rotatable bonds is 5. The highest BCUT2D eigenvalue weighted by Crippen LogP contribution is 2.14. The number of hydrogen-bond acceptors (Lipinski definition) is 3. The third kappa shape index (κ3) is 4.32. The summed E-state index contributed by atoms with van der Waals surface area (Å²) in [4.78, 5) is 14.0. The van der Waals surface area contributed by atoms with E-state index >= 15 is 0 Å². The zero-order valence-electron chi connectivity index (χ0n) is 12.1. The van der Waals surface area contributed by atoms with Crippen LogP contribution in [-0.4, -0.2) is 43.2 Å². The van der Waals surface area contributed by atoms with Gasteiger partial charge in [-0.15, -0.1) is 0 Å². The van der Waals surface area contributed by atoms with E-state index in [1.807, 2.05) is 37.4 Å². The number of hydrogen-bond donors (Lipinski definition) is 1. The average molecular weight is 276 g/mol. The predicted molar refractivity (Wildman–Crippen MR) is 79.3 cm³/mol. The second-order valence-corrected chi connectivity index (χ2v) is 5.50. The Morgan fingerprint density at radius 3 is 2.80 bits per heavy atom. The quantitative estimate of drug-likeness (QED) is 0.888. The second-order valence-electron chi connectivity index (χ2n) is 5.50. The monoisotopic (exact) mass is 276 g/mol. The van der Waals surface area contributed by atoms with Crippen molar-refractivity contribution in [2.45, 2.75) is 37.8 Å². The van der Waals surface area contributed by atoms with Crippen LogP contribution >= 0.6 is 0 Å². The molecule has 0 spiro atoms. The Balaban J connectivity index is 1.82. The first-order valence-electron chi connectivity index (χ1n) is 7.33. The third-order valence-electron chi connectivity index (χ3n) is 3.74. The lowest BCUT2D eigenvalue weighted by Crippen LogP contribution is -2.46. The number of amides is 1. The van der Waals surface area contributed by atoms with E-state index in [9.17, 15) is 4.79 Å². The van der Waals surface area contributed by atoms with E-state index in [1.54, 1.807) is 4.90 Å². The molecule has 110 valence electrons. The van der Waals surface area contributed by atoms with Crippen molar-refractivity contribution in [2.75, 3.05) is 20.2 Å². The van der Waals surface area contributed by atoms with Gasteiger partial charge in [0.25, 0.3) is 0 Å². The van der Waals surface area contributed by atoms with Gasteiger partial charge in [0, 0.05) is 20.2 Å². The molecule has 2 rings (SSSR count). The molecule has 1 heterocycles. The summed E-state index contributed by atoms with van der Waals surface area (Å²) in [6, 6.07) is 9.40. The maximum Gasteiger partial charge on any atom is 0.239 e. The molecule has 2 N–H and O–H groups in total. The highest BCUT2D eigenvalue weighted by atomic mass is 16.5. The van der Waals surface area contributed by atoms with Gasteiger partial charge in [0.15, 0.2) is 0 Å². The molecule has 0 aromatic heterocycles. The Bertz CT molecular complexity index is 416. The van der Waals surface area contributed by atoms with E-state index < -0.39 is 6.04 Å². The molecule has 0 radical (unpaired) electrons. The lowest BCUT2D eigenvalue weighted by molar-refractivity contribution is -0.133. The maximum absolute atomic E-state index is 12.3. The minimum Gasteiger partial charge on any atom is -0.376 e. The summed E-state index contributed by atoms with van der Waals surface area (Å²) >= 11 is 0. The molecule has 1 unspecified atom stereocenters. The molecule has 1 amide bonds. The molecule has 0 aliphatic carbocycles. The summed E-state index contributed by atoms with van der Waals surface area (Å²) < 4.78 is 5.66. The van der Waals surface area contributed by atoms with E-state index in [0.29, 0.717) is 13.0 Å². The van der Waals surface area contributed by atoms with Crippen LogP contribution in [-0.2, 0) is 16.0 Å². The highest BCUT2D eigenvalue weighted by molar-refractivity contribution is 5.81. The van der Waals surface area contributed by atoms with Crippen molar-refractivity contribution < 1.29 is 9.53 Å². The van der Waals surface area contributed by atoms with Crippen LogP contribution in [0.3, 0.4) is 0 Å². The van der Waals surface area contributed by atoms with E-state index in [1.165, 1.54) is 6.42 Å². The van der Waals surface area contributed by atoms with Crippen LogP contribution in [0, 0.1) is 0 Å². The van der Waals surface area contributed by atoms with Gasteiger partial charge in [0.1, 0.15) is 0 Å². The maximum atomic E-state index is 12.3. The van der Waals surface area contributed by atoms with Gasteiger partial charge < -0.3 is 15.4 Å². The molecule has 2 atom stereocenters. The molecule has 1 aliphatic heterocycles. The largest absolute Gasteiger partial charge is 0.376 e. The molecule has 1 aliphatic rings. The normalized spacial score (nSPS) is 20.4. The lowest BCUT2D eigenvalue weighted by atomic mass is 10.0. The number of benzene rings is 1. The standard InChI is InChI=1S/C16H24N2O2/c1-18(12-14-9-5-6-10-20-14)16(19)15(17)11-13-7-3-2-4-8-13/h2-4,7-8,14-15H,5-6,9-12,17H2,1H3/t14?,15-/m0/s1. The fourth-order valence-corrected chi connectivity index (χ4v) is 2.59. The fraction of sp³-hybridized carbons (Fsp3) is 0.562. The van der Waals surface area contributed by atoms with Crippen molar-refractivity contribution in [3.63, 3.8) is 0 Å². The van der Waals surface area contributed by atoms with Crippen LogP contribution in [0.15, 0.2) is 30.3 Å². The van der Waals surface area contributed by atoms with Crippen LogP contribution in [0.25, 0.3) is 0 Å². The zero-order valence-corrected chi connectivity index (χ0v) is 12.1. The SMILES string of the molecule is CN(CC1CCCCO1)C(=O)[C@@H](N)Cc1ccccc1. The second kappa shape index (κ2) is 7.41. The molecule has 20 heavy (non-hydrogen) atoms. The number of nitrogens with two attached hydrogens (primary N) is 1. The molecule has 0 bridgehead atoms. The summed E-state index contributed by atoms with van der Waals surface area (Å²) in [7, 11) is 1.81. The van der Waals surface area contributed by atoms with Gasteiger partial charge in [-0.3, -0.25) is 4.79 Å². The Labute approximate surface area is 120 Å². The van der Waals surface area contributed by atoms with Gasteiger partial charge in [0.05, 0.1) is 12.1 Å².